The number of hydrogen-bond acceptors (Lipinski definition) is 3. The summed E-state index contributed by atoms with van der Waals surface area (Å²) in [7, 11) is 3.37. The monoisotopic (exact) mass is 329 g/mol. The average Bonchev–Trinajstić information content (AvgIpc) is 3.15. The number of benzene rings is 1. The maximum atomic E-state index is 13.2. The first-order chi connectivity index (χ1) is 11.7. The van der Waals surface area contributed by atoms with Crippen LogP contribution in [0.25, 0.3) is 0 Å². The van der Waals surface area contributed by atoms with Crippen molar-refractivity contribution in [3.63, 3.8) is 0 Å². The van der Waals surface area contributed by atoms with Crippen LogP contribution < -0.4 is 9.47 Å². The van der Waals surface area contributed by atoms with Crippen molar-refractivity contribution < 1.29 is 14.3 Å². The van der Waals surface area contributed by atoms with Crippen LogP contribution in [0.15, 0.2) is 18.2 Å². The fourth-order valence-electron chi connectivity index (χ4n) is 5.00. The summed E-state index contributed by atoms with van der Waals surface area (Å²) in [6, 6.07) is 6.03. The fraction of sp³-hybridized carbons (Fsp3) is 0.650. The SMILES string of the molecule is COc1ccc(OC)c([C@H]2CCCN2C(=O)C2[C@H]3CCCC[C@@H]23)c1. The van der Waals surface area contributed by atoms with E-state index in [0.717, 1.165) is 36.4 Å². The molecular formula is C20H27NO3. The lowest BCUT2D eigenvalue weighted by Gasteiger charge is -2.27. The number of nitrogens with zero attached hydrogens (tertiary/aromatic N) is 1. The van der Waals surface area contributed by atoms with Crippen molar-refractivity contribution >= 4 is 5.91 Å². The van der Waals surface area contributed by atoms with Gasteiger partial charge in [0.25, 0.3) is 0 Å². The smallest absolute Gasteiger partial charge is 0.226 e. The minimum absolute atomic E-state index is 0.130. The predicted molar refractivity (Wildman–Crippen MR) is 92.2 cm³/mol. The van der Waals surface area contributed by atoms with Gasteiger partial charge in [-0.25, -0.2) is 0 Å². The van der Waals surface area contributed by atoms with Crippen LogP contribution in [-0.4, -0.2) is 31.6 Å². The molecule has 1 aromatic rings. The molecule has 1 aromatic carbocycles. The Labute approximate surface area is 144 Å². The number of rotatable bonds is 4. The summed E-state index contributed by atoms with van der Waals surface area (Å²) in [5.74, 6) is 3.70. The molecule has 4 heteroatoms. The molecule has 1 aliphatic heterocycles. The number of ether oxygens (including phenoxy) is 2. The van der Waals surface area contributed by atoms with Crippen LogP contribution in [-0.2, 0) is 4.79 Å². The van der Waals surface area contributed by atoms with Gasteiger partial charge in [0.05, 0.1) is 20.3 Å². The molecule has 0 radical (unpaired) electrons. The summed E-state index contributed by atoms with van der Waals surface area (Å²) in [6.07, 6.45) is 7.19. The van der Waals surface area contributed by atoms with Gasteiger partial charge in [-0.2, -0.15) is 0 Å². The van der Waals surface area contributed by atoms with Crippen LogP contribution >= 0.6 is 0 Å². The van der Waals surface area contributed by atoms with Crippen LogP contribution in [0.4, 0.5) is 0 Å². The molecule has 0 aromatic heterocycles. The predicted octanol–water partition coefficient (Wildman–Crippen LogP) is 3.80. The maximum absolute atomic E-state index is 13.2. The molecule has 1 saturated heterocycles. The zero-order valence-electron chi connectivity index (χ0n) is 14.7. The van der Waals surface area contributed by atoms with Crippen molar-refractivity contribution in [2.45, 2.75) is 44.6 Å². The highest BCUT2D eigenvalue weighted by molar-refractivity contribution is 5.83. The molecule has 130 valence electrons. The van der Waals surface area contributed by atoms with Gasteiger partial charge < -0.3 is 14.4 Å². The van der Waals surface area contributed by atoms with Gasteiger partial charge in [0.2, 0.25) is 5.91 Å². The number of likely N-dealkylation sites (tertiary alicyclic amines) is 1. The zero-order chi connectivity index (χ0) is 16.7. The van der Waals surface area contributed by atoms with Crippen molar-refractivity contribution in [2.75, 3.05) is 20.8 Å². The molecule has 4 nitrogen and oxygen atoms in total. The second-order valence-electron chi connectivity index (χ2n) is 7.44. The molecule has 2 aliphatic carbocycles. The molecule has 3 aliphatic rings. The van der Waals surface area contributed by atoms with Gasteiger partial charge in [-0.15, -0.1) is 0 Å². The van der Waals surface area contributed by atoms with E-state index in [4.69, 9.17) is 9.47 Å². The lowest BCUT2D eigenvalue weighted by molar-refractivity contribution is -0.134. The molecule has 4 rings (SSSR count). The van der Waals surface area contributed by atoms with Gasteiger partial charge in [0, 0.05) is 18.0 Å². The Morgan fingerprint density at radius 3 is 2.46 bits per heavy atom. The van der Waals surface area contributed by atoms with Crippen molar-refractivity contribution in [1.82, 2.24) is 4.90 Å². The van der Waals surface area contributed by atoms with E-state index in [1.54, 1.807) is 14.2 Å². The molecule has 1 unspecified atom stereocenters. The normalized spacial score (nSPS) is 31.5. The highest BCUT2D eigenvalue weighted by atomic mass is 16.5. The van der Waals surface area contributed by atoms with Crippen LogP contribution in [0.2, 0.25) is 0 Å². The maximum Gasteiger partial charge on any atom is 0.226 e. The minimum atomic E-state index is 0.130. The van der Waals surface area contributed by atoms with Crippen molar-refractivity contribution in [3.05, 3.63) is 23.8 Å². The van der Waals surface area contributed by atoms with E-state index < -0.39 is 0 Å². The number of amides is 1. The van der Waals surface area contributed by atoms with Crippen LogP contribution in [0.1, 0.15) is 50.1 Å². The standard InChI is InChI=1S/C20H27NO3/c1-23-13-9-10-18(24-2)16(12-13)17-8-5-11-21(17)20(22)19-14-6-3-4-7-15(14)19/h9-10,12,14-15,17,19H,3-8,11H2,1-2H3/t14-,15+,17-,19?/m1/s1. The summed E-state index contributed by atoms with van der Waals surface area (Å²) in [4.78, 5) is 15.3. The molecule has 0 bridgehead atoms. The second kappa shape index (κ2) is 6.30. The Kier molecular flexibility index (Phi) is 4.15. The van der Waals surface area contributed by atoms with Gasteiger partial charge >= 0.3 is 0 Å². The summed E-state index contributed by atoms with van der Waals surface area (Å²) < 4.78 is 11.0. The first kappa shape index (κ1) is 15.8. The highest BCUT2D eigenvalue weighted by Crippen LogP contribution is 2.57. The lowest BCUT2D eigenvalue weighted by Crippen LogP contribution is -2.32. The molecule has 2 saturated carbocycles. The molecular weight excluding hydrogens is 302 g/mol. The molecule has 1 heterocycles. The van der Waals surface area contributed by atoms with Crippen LogP contribution in [0.5, 0.6) is 11.5 Å². The minimum Gasteiger partial charge on any atom is -0.497 e. The lowest BCUT2D eigenvalue weighted by atomic mass is 10.0. The van der Waals surface area contributed by atoms with Gasteiger partial charge in [0.1, 0.15) is 11.5 Å². The van der Waals surface area contributed by atoms with E-state index in [0.29, 0.717) is 23.7 Å². The van der Waals surface area contributed by atoms with E-state index in [1.165, 1.54) is 25.7 Å². The molecule has 3 fully saturated rings. The number of fused-ring (bicyclic) bond motifs is 1. The summed E-state index contributed by atoms with van der Waals surface area (Å²) >= 11 is 0. The Balaban J connectivity index is 1.58. The molecule has 4 atom stereocenters. The van der Waals surface area contributed by atoms with E-state index in [-0.39, 0.29) is 6.04 Å². The van der Waals surface area contributed by atoms with Crippen molar-refractivity contribution in [1.29, 1.82) is 0 Å². The average molecular weight is 329 g/mol. The highest BCUT2D eigenvalue weighted by Gasteiger charge is 2.56. The molecule has 1 amide bonds. The summed E-state index contributed by atoms with van der Waals surface area (Å²) in [6.45, 7) is 0.875. The van der Waals surface area contributed by atoms with Gasteiger partial charge in [-0.1, -0.05) is 12.8 Å². The number of carbonyl (C=O) groups is 1. The Morgan fingerprint density at radius 2 is 1.79 bits per heavy atom. The topological polar surface area (TPSA) is 38.8 Å². The third-order valence-electron chi connectivity index (χ3n) is 6.27. The van der Waals surface area contributed by atoms with Crippen LogP contribution in [0.3, 0.4) is 0 Å². The zero-order valence-corrected chi connectivity index (χ0v) is 14.7. The van der Waals surface area contributed by atoms with E-state index in [1.807, 2.05) is 18.2 Å². The molecule has 0 spiro atoms. The van der Waals surface area contributed by atoms with E-state index in [9.17, 15) is 4.79 Å². The number of carbonyl (C=O) groups excluding carboxylic acids is 1. The first-order valence-electron chi connectivity index (χ1n) is 9.27. The van der Waals surface area contributed by atoms with Crippen molar-refractivity contribution in [2.24, 2.45) is 17.8 Å². The number of hydrogen-bond donors (Lipinski definition) is 0. The Bertz CT molecular complexity index is 617. The van der Waals surface area contributed by atoms with Gasteiger partial charge in [0.15, 0.2) is 0 Å². The van der Waals surface area contributed by atoms with Crippen LogP contribution in [0, 0.1) is 17.8 Å². The third kappa shape index (κ3) is 2.56. The van der Waals surface area contributed by atoms with Gasteiger partial charge in [-0.3, -0.25) is 4.79 Å². The molecule has 0 N–H and O–H groups in total. The Hall–Kier alpha value is -1.71. The van der Waals surface area contributed by atoms with E-state index >= 15 is 0 Å². The van der Waals surface area contributed by atoms with E-state index in [2.05, 4.69) is 4.90 Å². The summed E-state index contributed by atoms with van der Waals surface area (Å²) in [5, 5.41) is 0. The second-order valence-corrected chi connectivity index (χ2v) is 7.44. The largest absolute Gasteiger partial charge is 0.497 e. The molecule has 24 heavy (non-hydrogen) atoms. The summed E-state index contributed by atoms with van der Waals surface area (Å²) in [5.41, 5.74) is 1.09. The first-order valence-corrected chi connectivity index (χ1v) is 9.27. The fourth-order valence-corrected chi connectivity index (χ4v) is 5.00. The third-order valence-corrected chi connectivity index (χ3v) is 6.27. The van der Waals surface area contributed by atoms with Gasteiger partial charge in [-0.05, 0) is 55.7 Å². The van der Waals surface area contributed by atoms with Crippen molar-refractivity contribution in [3.8, 4) is 11.5 Å². The Morgan fingerprint density at radius 1 is 1.04 bits per heavy atom. The number of methoxy groups -OCH3 is 2. The quantitative estimate of drug-likeness (QED) is 0.843.